The van der Waals surface area contributed by atoms with E-state index in [1.54, 1.807) is 11.3 Å². The molecule has 1 rings (SSSR count). The van der Waals surface area contributed by atoms with Gasteiger partial charge in [-0.15, -0.1) is 11.3 Å². The molecule has 1 aromatic heterocycles. The summed E-state index contributed by atoms with van der Waals surface area (Å²) in [6, 6.07) is 1.99. The molecule has 0 N–H and O–H groups in total. The van der Waals surface area contributed by atoms with E-state index in [2.05, 4.69) is 15.9 Å². The van der Waals surface area contributed by atoms with Crippen LogP contribution in [0, 0.1) is 5.92 Å². The largest absolute Gasteiger partial charge is 0.298 e. The summed E-state index contributed by atoms with van der Waals surface area (Å²) in [5.74, 6) is 0.284. The van der Waals surface area contributed by atoms with Crippen LogP contribution < -0.4 is 0 Å². The molecule has 1 nitrogen and oxygen atoms in total. The van der Waals surface area contributed by atoms with Gasteiger partial charge in [-0.3, -0.25) is 4.79 Å². The number of aldehydes is 1. The maximum Gasteiger partial charge on any atom is 0.146 e. The van der Waals surface area contributed by atoms with Crippen LogP contribution in [-0.2, 0) is 4.79 Å². The third-order valence-electron chi connectivity index (χ3n) is 1.75. The highest BCUT2D eigenvalue weighted by molar-refractivity contribution is 9.10. The summed E-state index contributed by atoms with van der Waals surface area (Å²) in [5, 5.41) is 2.00. The summed E-state index contributed by atoms with van der Waals surface area (Å²) in [4.78, 5) is 11.8. The summed E-state index contributed by atoms with van der Waals surface area (Å²) in [6.45, 7) is 4.03. The second-order valence-electron chi connectivity index (χ2n) is 3.05. The molecule has 0 atom stereocenters. The molecule has 70 valence electrons. The summed E-state index contributed by atoms with van der Waals surface area (Å²) >= 11 is 5.05. The Morgan fingerprint density at radius 2 is 2.31 bits per heavy atom. The van der Waals surface area contributed by atoms with Crippen molar-refractivity contribution in [1.82, 2.24) is 0 Å². The zero-order chi connectivity index (χ0) is 9.84. The Labute approximate surface area is 90.6 Å². The van der Waals surface area contributed by atoms with Crippen molar-refractivity contribution in [3.63, 3.8) is 0 Å². The quantitative estimate of drug-likeness (QED) is 0.596. The Balaban J connectivity index is 2.98. The van der Waals surface area contributed by atoms with Crippen LogP contribution in [0.15, 0.2) is 21.5 Å². The maximum atomic E-state index is 10.7. The Morgan fingerprint density at radius 3 is 2.69 bits per heavy atom. The smallest absolute Gasteiger partial charge is 0.146 e. The van der Waals surface area contributed by atoms with Gasteiger partial charge in [0.2, 0.25) is 0 Å². The highest BCUT2D eigenvalue weighted by atomic mass is 79.9. The zero-order valence-corrected chi connectivity index (χ0v) is 9.98. The van der Waals surface area contributed by atoms with E-state index in [1.165, 1.54) is 0 Å². The molecule has 0 aliphatic carbocycles. The Morgan fingerprint density at radius 1 is 1.62 bits per heavy atom. The van der Waals surface area contributed by atoms with E-state index in [-0.39, 0.29) is 5.92 Å². The van der Waals surface area contributed by atoms with Crippen molar-refractivity contribution in [2.24, 2.45) is 5.92 Å². The van der Waals surface area contributed by atoms with Crippen LogP contribution in [0.25, 0.3) is 6.08 Å². The van der Waals surface area contributed by atoms with E-state index in [0.717, 1.165) is 21.2 Å². The first-order chi connectivity index (χ1) is 6.15. The number of halogens is 1. The molecule has 13 heavy (non-hydrogen) atoms. The minimum absolute atomic E-state index is 0.284. The van der Waals surface area contributed by atoms with Crippen LogP contribution >= 0.6 is 27.3 Å². The van der Waals surface area contributed by atoms with Gasteiger partial charge in [-0.1, -0.05) is 13.8 Å². The predicted molar refractivity (Wildman–Crippen MR) is 60.9 cm³/mol. The summed E-state index contributed by atoms with van der Waals surface area (Å²) < 4.78 is 1.05. The van der Waals surface area contributed by atoms with E-state index in [9.17, 15) is 4.79 Å². The molecule has 0 saturated carbocycles. The van der Waals surface area contributed by atoms with Crippen LogP contribution in [0.5, 0.6) is 0 Å². The average molecular weight is 259 g/mol. The molecule has 0 saturated heterocycles. The van der Waals surface area contributed by atoms with Crippen LogP contribution in [0.3, 0.4) is 0 Å². The van der Waals surface area contributed by atoms with Gasteiger partial charge in [-0.05, 0) is 44.9 Å². The zero-order valence-electron chi connectivity index (χ0n) is 7.58. The molecule has 0 aliphatic heterocycles. The SMILES string of the molecule is CC(C)/C(C=O)=C/c1sccc1Br. The minimum atomic E-state index is 0.284. The Kier molecular flexibility index (Phi) is 3.88. The van der Waals surface area contributed by atoms with Crippen molar-refractivity contribution >= 4 is 39.6 Å². The van der Waals surface area contributed by atoms with E-state index in [4.69, 9.17) is 0 Å². The van der Waals surface area contributed by atoms with E-state index >= 15 is 0 Å². The lowest BCUT2D eigenvalue weighted by molar-refractivity contribution is -0.105. The lowest BCUT2D eigenvalue weighted by Crippen LogP contribution is -1.94. The van der Waals surface area contributed by atoms with Gasteiger partial charge < -0.3 is 0 Å². The number of rotatable bonds is 3. The molecule has 3 heteroatoms. The lowest BCUT2D eigenvalue weighted by atomic mass is 10.0. The number of thiophene rings is 1. The van der Waals surface area contributed by atoms with Gasteiger partial charge in [0.15, 0.2) is 0 Å². The van der Waals surface area contributed by atoms with Gasteiger partial charge in [0.05, 0.1) is 0 Å². The van der Waals surface area contributed by atoms with E-state index in [0.29, 0.717) is 0 Å². The van der Waals surface area contributed by atoms with E-state index in [1.807, 2.05) is 31.4 Å². The maximum absolute atomic E-state index is 10.7. The third-order valence-corrected chi connectivity index (χ3v) is 3.56. The number of hydrogen-bond donors (Lipinski definition) is 0. The average Bonchev–Trinajstić information content (AvgIpc) is 2.46. The number of hydrogen-bond acceptors (Lipinski definition) is 2. The monoisotopic (exact) mass is 258 g/mol. The van der Waals surface area contributed by atoms with Crippen LogP contribution in [0.1, 0.15) is 18.7 Å². The standard InChI is InChI=1S/C10H11BrOS/c1-7(2)8(6-12)5-10-9(11)3-4-13-10/h3-7H,1-2H3/b8-5+. The van der Waals surface area contributed by atoms with Gasteiger partial charge in [0, 0.05) is 9.35 Å². The highest BCUT2D eigenvalue weighted by Gasteiger charge is 2.04. The fourth-order valence-corrected chi connectivity index (χ4v) is 2.33. The van der Waals surface area contributed by atoms with Crippen molar-refractivity contribution in [3.05, 3.63) is 26.4 Å². The van der Waals surface area contributed by atoms with Gasteiger partial charge in [-0.25, -0.2) is 0 Å². The predicted octanol–water partition coefficient (Wildman–Crippen LogP) is 3.75. The molecule has 0 amide bonds. The molecule has 0 aliphatic rings. The second kappa shape index (κ2) is 4.72. The van der Waals surface area contributed by atoms with Crippen LogP contribution in [0.4, 0.5) is 0 Å². The van der Waals surface area contributed by atoms with Gasteiger partial charge in [-0.2, -0.15) is 0 Å². The fourth-order valence-electron chi connectivity index (χ4n) is 0.897. The molecule has 0 bridgehead atoms. The number of allylic oxidation sites excluding steroid dienone is 1. The molecule has 0 radical (unpaired) electrons. The Hall–Kier alpha value is -0.410. The van der Waals surface area contributed by atoms with E-state index < -0.39 is 0 Å². The first-order valence-corrected chi connectivity index (χ1v) is 5.72. The molecule has 1 aromatic rings. The molecule has 0 aromatic carbocycles. The Bertz CT molecular complexity index is 325. The van der Waals surface area contributed by atoms with Crippen molar-refractivity contribution in [1.29, 1.82) is 0 Å². The lowest BCUT2D eigenvalue weighted by Gasteiger charge is -2.02. The fraction of sp³-hybridized carbons (Fsp3) is 0.300. The van der Waals surface area contributed by atoms with Crippen LogP contribution in [-0.4, -0.2) is 6.29 Å². The third kappa shape index (κ3) is 2.78. The molecule has 0 unspecified atom stereocenters. The molecular weight excluding hydrogens is 248 g/mol. The topological polar surface area (TPSA) is 17.1 Å². The molecule has 0 spiro atoms. The van der Waals surface area contributed by atoms with Gasteiger partial charge in [0.25, 0.3) is 0 Å². The van der Waals surface area contributed by atoms with Crippen molar-refractivity contribution in [2.45, 2.75) is 13.8 Å². The molecule has 0 fully saturated rings. The first-order valence-electron chi connectivity index (χ1n) is 4.05. The van der Waals surface area contributed by atoms with Crippen LogP contribution in [0.2, 0.25) is 0 Å². The molecular formula is C10H11BrOS. The summed E-state index contributed by atoms with van der Waals surface area (Å²) in [5.41, 5.74) is 0.836. The summed E-state index contributed by atoms with van der Waals surface area (Å²) in [6.07, 6.45) is 2.86. The highest BCUT2D eigenvalue weighted by Crippen LogP contribution is 2.26. The summed E-state index contributed by atoms with van der Waals surface area (Å²) in [7, 11) is 0. The number of carbonyl (C=O) groups is 1. The minimum Gasteiger partial charge on any atom is -0.298 e. The van der Waals surface area contributed by atoms with Crippen molar-refractivity contribution < 1.29 is 4.79 Å². The first kappa shape index (κ1) is 10.7. The van der Waals surface area contributed by atoms with Crippen molar-refractivity contribution in [3.8, 4) is 0 Å². The second-order valence-corrected chi connectivity index (χ2v) is 4.85. The van der Waals surface area contributed by atoms with Gasteiger partial charge >= 0.3 is 0 Å². The number of carbonyl (C=O) groups excluding carboxylic acids is 1. The normalized spacial score (nSPS) is 12.2. The van der Waals surface area contributed by atoms with Gasteiger partial charge in [0.1, 0.15) is 6.29 Å². The van der Waals surface area contributed by atoms with Crippen molar-refractivity contribution in [2.75, 3.05) is 0 Å². The molecule has 1 heterocycles.